The van der Waals surface area contributed by atoms with Gasteiger partial charge in [0.1, 0.15) is 17.1 Å². The van der Waals surface area contributed by atoms with Crippen molar-refractivity contribution >= 4 is 17.7 Å². The van der Waals surface area contributed by atoms with Crippen molar-refractivity contribution in [1.82, 2.24) is 25.1 Å². The van der Waals surface area contributed by atoms with Gasteiger partial charge in [0, 0.05) is 25.3 Å². The third kappa shape index (κ3) is 4.00. The molecular formula is C18H20N6O4. The molecule has 0 fully saturated rings. The van der Waals surface area contributed by atoms with Crippen molar-refractivity contribution in [2.24, 2.45) is 7.05 Å². The average molecular weight is 384 g/mol. The van der Waals surface area contributed by atoms with Gasteiger partial charge in [0.15, 0.2) is 5.82 Å². The molecule has 2 aromatic heterocycles. The molecule has 0 radical (unpaired) electrons. The molecule has 0 aliphatic carbocycles. The van der Waals surface area contributed by atoms with E-state index in [1.165, 1.54) is 12.0 Å². The van der Waals surface area contributed by atoms with Crippen LogP contribution in [0.25, 0.3) is 11.4 Å². The number of carbonyl (C=O) groups is 2. The second kappa shape index (κ2) is 7.91. The largest absolute Gasteiger partial charge is 0.465 e. The minimum absolute atomic E-state index is 0.191. The number of tetrazole rings is 1. The molecule has 146 valence electrons. The Morgan fingerprint density at radius 2 is 2.11 bits per heavy atom. The lowest BCUT2D eigenvalue weighted by molar-refractivity contribution is 0.0598. The smallest absolute Gasteiger partial charge is 0.341 e. The molecule has 0 unspecified atom stereocenters. The number of anilines is 1. The molecule has 1 N–H and O–H groups in total. The summed E-state index contributed by atoms with van der Waals surface area (Å²) in [7, 11) is 4.67. The van der Waals surface area contributed by atoms with Gasteiger partial charge in [-0.15, -0.1) is 5.10 Å². The summed E-state index contributed by atoms with van der Waals surface area (Å²) in [5, 5.41) is 14.2. The summed E-state index contributed by atoms with van der Waals surface area (Å²) < 4.78 is 11.8. The van der Waals surface area contributed by atoms with Gasteiger partial charge < -0.3 is 19.4 Å². The van der Waals surface area contributed by atoms with E-state index in [1.807, 2.05) is 6.07 Å². The number of carbonyl (C=O) groups excluding carboxylic acids is 2. The van der Waals surface area contributed by atoms with E-state index in [9.17, 15) is 9.59 Å². The van der Waals surface area contributed by atoms with E-state index in [0.29, 0.717) is 28.6 Å². The second-order valence-corrected chi connectivity index (χ2v) is 6.17. The van der Waals surface area contributed by atoms with Crippen molar-refractivity contribution in [2.45, 2.75) is 13.5 Å². The molecule has 28 heavy (non-hydrogen) atoms. The molecule has 0 aliphatic heterocycles. The van der Waals surface area contributed by atoms with Gasteiger partial charge in [-0.2, -0.15) is 0 Å². The quantitative estimate of drug-likeness (QED) is 0.671. The number of nitrogens with one attached hydrogen (secondary N) is 1. The molecule has 1 aromatic carbocycles. The topological polar surface area (TPSA) is 115 Å². The molecule has 0 saturated carbocycles. The Labute approximate surface area is 161 Å². The van der Waals surface area contributed by atoms with Crippen LogP contribution in [-0.4, -0.2) is 51.3 Å². The molecule has 0 spiro atoms. The average Bonchev–Trinajstić information content (AvgIpc) is 3.26. The third-order valence-corrected chi connectivity index (χ3v) is 4.11. The van der Waals surface area contributed by atoms with Gasteiger partial charge in [-0.1, -0.05) is 12.1 Å². The molecule has 3 rings (SSSR count). The van der Waals surface area contributed by atoms with Crippen molar-refractivity contribution in [3.63, 3.8) is 0 Å². The number of rotatable bonds is 5. The van der Waals surface area contributed by atoms with Crippen LogP contribution in [0.4, 0.5) is 10.5 Å². The first kappa shape index (κ1) is 19.1. The predicted molar refractivity (Wildman–Crippen MR) is 99.5 cm³/mol. The summed E-state index contributed by atoms with van der Waals surface area (Å²) >= 11 is 0. The summed E-state index contributed by atoms with van der Waals surface area (Å²) in [6.45, 7) is 1.86. The summed E-state index contributed by atoms with van der Waals surface area (Å²) in [6, 6.07) is 8.45. The predicted octanol–water partition coefficient (Wildman–Crippen LogP) is 2.23. The SMILES string of the molecule is COC(=O)c1cc(CN(C)C(=O)Nc2cccc(-c3nnnn3C)c2)oc1C. The first-order valence-corrected chi connectivity index (χ1v) is 8.41. The first-order valence-electron chi connectivity index (χ1n) is 8.41. The summed E-state index contributed by atoms with van der Waals surface area (Å²) in [5.41, 5.74) is 1.72. The number of ether oxygens (including phenoxy) is 1. The minimum Gasteiger partial charge on any atom is -0.465 e. The van der Waals surface area contributed by atoms with Gasteiger partial charge in [-0.25, -0.2) is 14.3 Å². The van der Waals surface area contributed by atoms with Gasteiger partial charge in [0.05, 0.1) is 13.7 Å². The zero-order chi connectivity index (χ0) is 20.3. The highest BCUT2D eigenvalue weighted by Crippen LogP contribution is 2.21. The third-order valence-electron chi connectivity index (χ3n) is 4.11. The van der Waals surface area contributed by atoms with Crippen molar-refractivity contribution < 1.29 is 18.7 Å². The van der Waals surface area contributed by atoms with E-state index in [2.05, 4.69) is 20.8 Å². The number of benzene rings is 1. The fraction of sp³-hybridized carbons (Fsp3) is 0.278. The first-order chi connectivity index (χ1) is 13.4. The summed E-state index contributed by atoms with van der Waals surface area (Å²) in [5.74, 6) is 1.04. The number of urea groups is 1. The number of furan rings is 1. The molecule has 3 aromatic rings. The van der Waals surface area contributed by atoms with Crippen LogP contribution in [0, 0.1) is 6.92 Å². The number of aryl methyl sites for hydroxylation is 2. The van der Waals surface area contributed by atoms with Crippen molar-refractivity contribution in [2.75, 3.05) is 19.5 Å². The lowest BCUT2D eigenvalue weighted by Crippen LogP contribution is -2.30. The lowest BCUT2D eigenvalue weighted by atomic mass is 10.2. The maximum Gasteiger partial charge on any atom is 0.341 e. The van der Waals surface area contributed by atoms with Crippen LogP contribution in [-0.2, 0) is 18.3 Å². The Bertz CT molecular complexity index is 1010. The monoisotopic (exact) mass is 384 g/mol. The van der Waals surface area contributed by atoms with Crippen LogP contribution in [0.15, 0.2) is 34.7 Å². The Hall–Kier alpha value is -3.69. The van der Waals surface area contributed by atoms with E-state index >= 15 is 0 Å². The highest BCUT2D eigenvalue weighted by molar-refractivity contribution is 5.91. The molecular weight excluding hydrogens is 364 g/mol. The zero-order valence-corrected chi connectivity index (χ0v) is 16.0. The van der Waals surface area contributed by atoms with E-state index in [-0.39, 0.29) is 12.6 Å². The number of nitrogens with zero attached hydrogens (tertiary/aromatic N) is 5. The van der Waals surface area contributed by atoms with Crippen LogP contribution in [0.2, 0.25) is 0 Å². The van der Waals surface area contributed by atoms with Gasteiger partial charge in [-0.05, 0) is 35.5 Å². The summed E-state index contributed by atoms with van der Waals surface area (Å²) in [4.78, 5) is 25.6. The van der Waals surface area contributed by atoms with Crippen LogP contribution in [0.5, 0.6) is 0 Å². The van der Waals surface area contributed by atoms with Crippen molar-refractivity contribution in [1.29, 1.82) is 0 Å². The number of amides is 2. The Balaban J connectivity index is 1.68. The molecule has 0 aliphatic rings. The fourth-order valence-electron chi connectivity index (χ4n) is 2.67. The Kier molecular flexibility index (Phi) is 5.39. The van der Waals surface area contributed by atoms with Crippen LogP contribution in [0.3, 0.4) is 0 Å². The molecule has 10 heteroatoms. The minimum atomic E-state index is -0.477. The number of hydrogen-bond acceptors (Lipinski definition) is 7. The second-order valence-electron chi connectivity index (χ2n) is 6.17. The van der Waals surface area contributed by atoms with Crippen LogP contribution < -0.4 is 5.32 Å². The molecule has 0 bridgehead atoms. The Morgan fingerprint density at radius 1 is 1.32 bits per heavy atom. The highest BCUT2D eigenvalue weighted by atomic mass is 16.5. The molecule has 0 atom stereocenters. The molecule has 10 nitrogen and oxygen atoms in total. The standard InChI is InChI=1S/C18H20N6O4/c1-11-15(17(25)27-4)9-14(28-11)10-23(2)18(26)19-13-7-5-6-12(8-13)16-20-21-22-24(16)3/h5-9H,10H2,1-4H3,(H,19,26). The van der Waals surface area contributed by atoms with Crippen molar-refractivity contribution in [3.8, 4) is 11.4 Å². The van der Waals surface area contributed by atoms with Crippen molar-refractivity contribution in [3.05, 3.63) is 47.4 Å². The number of esters is 1. The number of hydrogen-bond donors (Lipinski definition) is 1. The highest BCUT2D eigenvalue weighted by Gasteiger charge is 2.18. The van der Waals surface area contributed by atoms with Gasteiger partial charge in [0.25, 0.3) is 0 Å². The van der Waals surface area contributed by atoms with Gasteiger partial charge >= 0.3 is 12.0 Å². The van der Waals surface area contributed by atoms with Crippen LogP contribution in [0.1, 0.15) is 21.9 Å². The normalized spacial score (nSPS) is 10.6. The van der Waals surface area contributed by atoms with Crippen LogP contribution >= 0.6 is 0 Å². The molecule has 2 amide bonds. The van der Waals surface area contributed by atoms with Gasteiger partial charge in [0.2, 0.25) is 0 Å². The molecule has 2 heterocycles. The van der Waals surface area contributed by atoms with Gasteiger partial charge in [-0.3, -0.25) is 0 Å². The maximum atomic E-state index is 12.5. The van der Waals surface area contributed by atoms with E-state index in [0.717, 1.165) is 5.56 Å². The Morgan fingerprint density at radius 3 is 2.79 bits per heavy atom. The molecule has 0 saturated heterocycles. The zero-order valence-electron chi connectivity index (χ0n) is 16.0. The lowest BCUT2D eigenvalue weighted by Gasteiger charge is -2.17. The van der Waals surface area contributed by atoms with E-state index in [4.69, 9.17) is 9.15 Å². The number of methoxy groups -OCH3 is 1. The fourth-order valence-corrected chi connectivity index (χ4v) is 2.67. The maximum absolute atomic E-state index is 12.5. The van der Waals surface area contributed by atoms with E-state index in [1.54, 1.807) is 50.0 Å². The number of aromatic nitrogens is 4. The van der Waals surface area contributed by atoms with E-state index < -0.39 is 5.97 Å². The summed E-state index contributed by atoms with van der Waals surface area (Å²) in [6.07, 6.45) is 0.